The predicted octanol–water partition coefficient (Wildman–Crippen LogP) is 2.86. The van der Waals surface area contributed by atoms with Crippen molar-refractivity contribution < 1.29 is 4.79 Å². The molecule has 2 aromatic rings. The van der Waals surface area contributed by atoms with Crippen LogP contribution in [0, 0.1) is 5.41 Å². The van der Waals surface area contributed by atoms with Crippen LogP contribution in [0.5, 0.6) is 0 Å². The Bertz CT molecular complexity index is 715. The van der Waals surface area contributed by atoms with Crippen molar-refractivity contribution in [2.24, 2.45) is 5.41 Å². The highest BCUT2D eigenvalue weighted by Crippen LogP contribution is 2.39. The summed E-state index contributed by atoms with van der Waals surface area (Å²) in [5, 5.41) is 6.94. The Morgan fingerprint density at radius 2 is 2.00 bits per heavy atom. The van der Waals surface area contributed by atoms with Gasteiger partial charge in [0.2, 0.25) is 5.91 Å². The highest BCUT2D eigenvalue weighted by atomic mass is 16.2. The number of aromatic nitrogens is 2. The van der Waals surface area contributed by atoms with Crippen molar-refractivity contribution in [3.05, 3.63) is 53.9 Å². The predicted molar refractivity (Wildman–Crippen MR) is 101 cm³/mol. The molecule has 138 valence electrons. The van der Waals surface area contributed by atoms with Gasteiger partial charge in [-0.1, -0.05) is 30.3 Å². The molecule has 3 heterocycles. The molecule has 5 heteroatoms. The van der Waals surface area contributed by atoms with Crippen LogP contribution in [0.25, 0.3) is 0 Å². The van der Waals surface area contributed by atoms with Crippen LogP contribution in [0.1, 0.15) is 36.8 Å². The summed E-state index contributed by atoms with van der Waals surface area (Å²) in [6.45, 7) is 5.02. The van der Waals surface area contributed by atoms with Gasteiger partial charge < -0.3 is 9.80 Å². The zero-order valence-corrected chi connectivity index (χ0v) is 15.4. The largest absolute Gasteiger partial charge is 0.338 e. The molecule has 0 radical (unpaired) electrons. The number of piperidine rings is 2. The van der Waals surface area contributed by atoms with Crippen molar-refractivity contribution in [1.29, 1.82) is 0 Å². The fourth-order valence-electron chi connectivity index (χ4n) is 4.59. The van der Waals surface area contributed by atoms with Gasteiger partial charge in [0.1, 0.15) is 0 Å². The van der Waals surface area contributed by atoms with E-state index in [1.165, 1.54) is 30.5 Å². The summed E-state index contributed by atoms with van der Waals surface area (Å²) < 4.78 is 0. The third kappa shape index (κ3) is 3.98. The molecule has 1 N–H and O–H groups in total. The van der Waals surface area contributed by atoms with Crippen LogP contribution in [0.15, 0.2) is 42.7 Å². The minimum Gasteiger partial charge on any atom is -0.338 e. The Hall–Kier alpha value is -2.14. The average molecular weight is 352 g/mol. The van der Waals surface area contributed by atoms with Crippen molar-refractivity contribution >= 4 is 5.91 Å². The van der Waals surface area contributed by atoms with Crippen molar-refractivity contribution in [3.63, 3.8) is 0 Å². The molecule has 1 unspecified atom stereocenters. The molecule has 2 saturated heterocycles. The smallest absolute Gasteiger partial charge is 0.222 e. The first-order valence-corrected chi connectivity index (χ1v) is 9.74. The van der Waals surface area contributed by atoms with Crippen molar-refractivity contribution in [2.75, 3.05) is 26.2 Å². The maximum absolute atomic E-state index is 12.5. The van der Waals surface area contributed by atoms with Gasteiger partial charge in [0.15, 0.2) is 0 Å². The molecule has 1 spiro atoms. The quantitative estimate of drug-likeness (QED) is 0.900. The summed E-state index contributed by atoms with van der Waals surface area (Å²) in [5.41, 5.74) is 2.77. The average Bonchev–Trinajstić information content (AvgIpc) is 3.18. The van der Waals surface area contributed by atoms with Gasteiger partial charge in [0.05, 0.1) is 6.20 Å². The van der Waals surface area contributed by atoms with E-state index in [1.54, 1.807) is 0 Å². The molecule has 1 aromatic heterocycles. The number of H-pyrrole nitrogens is 1. The second kappa shape index (κ2) is 7.62. The van der Waals surface area contributed by atoms with Crippen LogP contribution in [0.4, 0.5) is 0 Å². The number of likely N-dealkylation sites (tertiary alicyclic amines) is 2. The number of nitrogens with one attached hydrogen (secondary N) is 1. The van der Waals surface area contributed by atoms with Crippen LogP contribution in [0.3, 0.4) is 0 Å². The number of benzene rings is 1. The molecular formula is C21H28N4O. The molecular weight excluding hydrogens is 324 g/mol. The number of nitrogens with zero attached hydrogens (tertiary/aromatic N) is 3. The molecule has 5 nitrogen and oxygen atoms in total. The first-order chi connectivity index (χ1) is 12.7. The minimum atomic E-state index is 0.275. The Balaban J connectivity index is 1.39. The number of rotatable bonds is 5. The van der Waals surface area contributed by atoms with E-state index >= 15 is 0 Å². The van der Waals surface area contributed by atoms with Gasteiger partial charge >= 0.3 is 0 Å². The summed E-state index contributed by atoms with van der Waals surface area (Å²) in [6, 6.07) is 10.4. The zero-order chi connectivity index (χ0) is 17.8. The number of amides is 1. The summed E-state index contributed by atoms with van der Waals surface area (Å²) in [7, 11) is 0. The number of aromatic amines is 1. The van der Waals surface area contributed by atoms with Gasteiger partial charge in [-0.25, -0.2) is 0 Å². The van der Waals surface area contributed by atoms with E-state index in [0.29, 0.717) is 12.3 Å². The van der Waals surface area contributed by atoms with E-state index in [9.17, 15) is 4.79 Å². The first kappa shape index (κ1) is 17.3. The molecule has 26 heavy (non-hydrogen) atoms. The Labute approximate surface area is 155 Å². The van der Waals surface area contributed by atoms with Gasteiger partial charge in [-0.2, -0.15) is 5.10 Å². The molecule has 2 aliphatic rings. The van der Waals surface area contributed by atoms with Crippen LogP contribution < -0.4 is 0 Å². The maximum Gasteiger partial charge on any atom is 0.222 e. The number of hydrogen-bond donors (Lipinski definition) is 1. The van der Waals surface area contributed by atoms with E-state index in [4.69, 9.17) is 0 Å². The highest BCUT2D eigenvalue weighted by molar-refractivity contribution is 5.77. The maximum atomic E-state index is 12.5. The summed E-state index contributed by atoms with van der Waals surface area (Å²) >= 11 is 0. The third-order valence-corrected chi connectivity index (χ3v) is 5.98. The van der Waals surface area contributed by atoms with Gasteiger partial charge in [-0.05, 0) is 43.4 Å². The Kier molecular flexibility index (Phi) is 5.07. The number of carbonyl (C=O) groups excluding carboxylic acids is 1. The van der Waals surface area contributed by atoms with Crippen LogP contribution in [0.2, 0.25) is 0 Å². The standard InChI is InChI=1S/C21H28N4O/c26-20-7-10-21(17-25(20)15-18-5-2-1-3-6-18)9-4-11-24(16-21)12-8-19-13-22-23-14-19/h1-3,5-6,13-14H,4,7-12,15-17H2,(H,22,23). The topological polar surface area (TPSA) is 52.2 Å². The molecule has 1 atom stereocenters. The monoisotopic (exact) mass is 352 g/mol. The third-order valence-electron chi connectivity index (χ3n) is 5.98. The lowest BCUT2D eigenvalue weighted by Gasteiger charge is -2.48. The molecule has 0 bridgehead atoms. The zero-order valence-electron chi connectivity index (χ0n) is 15.4. The van der Waals surface area contributed by atoms with Crippen LogP contribution in [-0.2, 0) is 17.8 Å². The van der Waals surface area contributed by atoms with E-state index in [2.05, 4.69) is 44.3 Å². The van der Waals surface area contributed by atoms with E-state index < -0.39 is 0 Å². The molecule has 1 aromatic carbocycles. The Morgan fingerprint density at radius 3 is 2.81 bits per heavy atom. The molecule has 0 aliphatic carbocycles. The summed E-state index contributed by atoms with van der Waals surface area (Å²) in [4.78, 5) is 17.2. The van der Waals surface area contributed by atoms with Gasteiger partial charge in [0.25, 0.3) is 0 Å². The first-order valence-electron chi connectivity index (χ1n) is 9.74. The normalized spacial score (nSPS) is 24.3. The lowest BCUT2D eigenvalue weighted by molar-refractivity contribution is -0.140. The van der Waals surface area contributed by atoms with Crippen molar-refractivity contribution in [2.45, 2.75) is 38.6 Å². The van der Waals surface area contributed by atoms with Gasteiger partial charge in [-0.3, -0.25) is 9.89 Å². The molecule has 0 saturated carbocycles. The SMILES string of the molecule is O=C1CCC2(CCCN(CCc3cn[nH]c3)C2)CN1Cc1ccccc1. The lowest BCUT2D eigenvalue weighted by atomic mass is 9.73. The van der Waals surface area contributed by atoms with Crippen LogP contribution in [-0.4, -0.2) is 52.1 Å². The highest BCUT2D eigenvalue weighted by Gasteiger charge is 2.41. The van der Waals surface area contributed by atoms with Crippen molar-refractivity contribution in [3.8, 4) is 0 Å². The molecule has 1 amide bonds. The van der Waals surface area contributed by atoms with E-state index in [-0.39, 0.29) is 5.41 Å². The van der Waals surface area contributed by atoms with Gasteiger partial charge in [0, 0.05) is 44.2 Å². The lowest BCUT2D eigenvalue weighted by Crippen LogP contribution is -2.54. The number of carbonyl (C=O) groups is 1. The van der Waals surface area contributed by atoms with E-state index in [0.717, 1.165) is 39.0 Å². The summed E-state index contributed by atoms with van der Waals surface area (Å²) in [5.74, 6) is 0.315. The molecule has 4 rings (SSSR count). The van der Waals surface area contributed by atoms with Crippen LogP contribution >= 0.6 is 0 Å². The Morgan fingerprint density at radius 1 is 1.12 bits per heavy atom. The van der Waals surface area contributed by atoms with Crippen molar-refractivity contribution in [1.82, 2.24) is 20.0 Å². The summed E-state index contributed by atoms with van der Waals surface area (Å²) in [6.07, 6.45) is 9.16. The molecule has 2 fully saturated rings. The fraction of sp³-hybridized carbons (Fsp3) is 0.524. The fourth-order valence-corrected chi connectivity index (χ4v) is 4.59. The second-order valence-electron chi connectivity index (χ2n) is 7.97. The number of hydrogen-bond acceptors (Lipinski definition) is 3. The second-order valence-corrected chi connectivity index (χ2v) is 7.97. The molecule has 2 aliphatic heterocycles. The van der Waals surface area contributed by atoms with Gasteiger partial charge in [-0.15, -0.1) is 0 Å². The minimum absolute atomic E-state index is 0.275. The van der Waals surface area contributed by atoms with E-state index in [1.807, 2.05) is 18.5 Å².